The monoisotopic (exact) mass is 160 g/mol. The van der Waals surface area contributed by atoms with Crippen molar-refractivity contribution < 1.29 is 9.50 Å². The first kappa shape index (κ1) is 8.98. The van der Waals surface area contributed by atoms with E-state index in [1.165, 1.54) is 0 Å². The molecule has 0 spiro atoms. The maximum atomic E-state index is 12.9. The molecule has 0 radical (unpaired) electrons. The topological polar surface area (TPSA) is 20.2 Å². The van der Waals surface area contributed by atoms with Gasteiger partial charge in [-0.2, -0.15) is 0 Å². The van der Waals surface area contributed by atoms with Gasteiger partial charge in [-0.05, 0) is 31.6 Å². The molecule has 1 aliphatic carbocycles. The first-order chi connectivity index (χ1) is 5.24. The Morgan fingerprint density at radius 1 is 1.45 bits per heavy atom. The fourth-order valence-corrected chi connectivity index (χ4v) is 1.83. The lowest BCUT2D eigenvalue weighted by Gasteiger charge is -2.18. The molecule has 0 bridgehead atoms. The molecule has 1 saturated carbocycles. The zero-order valence-electron chi connectivity index (χ0n) is 7.09. The van der Waals surface area contributed by atoms with Gasteiger partial charge in [0.2, 0.25) is 0 Å². The molecule has 0 amide bonds. The van der Waals surface area contributed by atoms with Gasteiger partial charge in [0.25, 0.3) is 0 Å². The maximum absolute atomic E-state index is 12.9. The molecule has 0 aromatic heterocycles. The molecule has 0 aromatic rings. The van der Waals surface area contributed by atoms with Crippen molar-refractivity contribution in [3.63, 3.8) is 0 Å². The van der Waals surface area contributed by atoms with Gasteiger partial charge in [0.15, 0.2) is 0 Å². The number of rotatable bonds is 1. The Hall–Kier alpha value is -0.110. The van der Waals surface area contributed by atoms with E-state index in [2.05, 4.69) is 0 Å². The van der Waals surface area contributed by atoms with Crippen LogP contribution in [0.25, 0.3) is 0 Å². The number of aliphatic hydroxyl groups is 1. The van der Waals surface area contributed by atoms with Gasteiger partial charge in [-0.3, -0.25) is 0 Å². The highest BCUT2D eigenvalue weighted by Crippen LogP contribution is 2.27. The highest BCUT2D eigenvalue weighted by molar-refractivity contribution is 4.76. The summed E-state index contributed by atoms with van der Waals surface area (Å²) in [5.41, 5.74) is 0. The van der Waals surface area contributed by atoms with Crippen LogP contribution in [-0.4, -0.2) is 17.4 Å². The summed E-state index contributed by atoms with van der Waals surface area (Å²) in [6.07, 6.45) is 2.84. The van der Waals surface area contributed by atoms with E-state index in [0.717, 1.165) is 19.3 Å². The molecule has 1 fully saturated rings. The van der Waals surface area contributed by atoms with Crippen LogP contribution in [0.1, 0.15) is 39.0 Å². The van der Waals surface area contributed by atoms with Crippen LogP contribution in [0, 0.1) is 5.92 Å². The predicted molar refractivity (Wildman–Crippen MR) is 43.2 cm³/mol. The predicted octanol–water partition coefficient (Wildman–Crippen LogP) is 2.29. The van der Waals surface area contributed by atoms with Crippen molar-refractivity contribution in [2.24, 2.45) is 5.92 Å². The first-order valence-corrected chi connectivity index (χ1v) is 4.56. The minimum atomic E-state index is -0.669. The smallest absolute Gasteiger partial charge is 0.100 e. The van der Waals surface area contributed by atoms with Crippen molar-refractivity contribution >= 4 is 0 Å². The van der Waals surface area contributed by atoms with Crippen LogP contribution in [0.5, 0.6) is 0 Å². The van der Waals surface area contributed by atoms with E-state index < -0.39 is 6.17 Å². The van der Waals surface area contributed by atoms with Gasteiger partial charge in [-0.1, -0.05) is 13.3 Å². The third-order valence-electron chi connectivity index (χ3n) is 2.64. The lowest BCUT2D eigenvalue weighted by molar-refractivity contribution is 0.0909. The van der Waals surface area contributed by atoms with Gasteiger partial charge in [-0.25, -0.2) is 4.39 Å². The molecule has 3 atom stereocenters. The van der Waals surface area contributed by atoms with Crippen molar-refractivity contribution in [1.29, 1.82) is 0 Å². The molecule has 0 heterocycles. The first-order valence-electron chi connectivity index (χ1n) is 4.56. The largest absolute Gasteiger partial charge is 0.393 e. The van der Waals surface area contributed by atoms with Crippen LogP contribution in [0.15, 0.2) is 0 Å². The van der Waals surface area contributed by atoms with Crippen molar-refractivity contribution in [3.8, 4) is 0 Å². The van der Waals surface area contributed by atoms with Gasteiger partial charge < -0.3 is 5.11 Å². The van der Waals surface area contributed by atoms with E-state index >= 15 is 0 Å². The van der Waals surface area contributed by atoms with E-state index in [-0.39, 0.29) is 12.0 Å². The fourth-order valence-electron chi connectivity index (χ4n) is 1.83. The third-order valence-corrected chi connectivity index (χ3v) is 2.64. The SMILES string of the molecule is CCC1CC(F)CCCC1O. The summed E-state index contributed by atoms with van der Waals surface area (Å²) in [7, 11) is 0. The highest BCUT2D eigenvalue weighted by atomic mass is 19.1. The highest BCUT2D eigenvalue weighted by Gasteiger charge is 2.24. The quantitative estimate of drug-likeness (QED) is 0.583. The number of halogens is 1. The van der Waals surface area contributed by atoms with Crippen molar-refractivity contribution in [1.82, 2.24) is 0 Å². The van der Waals surface area contributed by atoms with E-state index in [4.69, 9.17) is 0 Å². The lowest BCUT2D eigenvalue weighted by atomic mass is 9.94. The molecule has 1 nitrogen and oxygen atoms in total. The normalized spacial score (nSPS) is 40.1. The van der Waals surface area contributed by atoms with Crippen molar-refractivity contribution in [2.45, 2.75) is 51.3 Å². The average Bonchev–Trinajstić information content (AvgIpc) is 2.13. The Balaban J connectivity index is 2.45. The summed E-state index contributed by atoms with van der Waals surface area (Å²) in [5, 5.41) is 9.50. The molecule has 11 heavy (non-hydrogen) atoms. The number of hydrogen-bond acceptors (Lipinski definition) is 1. The summed E-state index contributed by atoms with van der Waals surface area (Å²) in [5.74, 6) is 0.201. The van der Waals surface area contributed by atoms with Gasteiger partial charge in [0.1, 0.15) is 6.17 Å². The summed E-state index contributed by atoms with van der Waals surface area (Å²) in [4.78, 5) is 0. The average molecular weight is 160 g/mol. The Morgan fingerprint density at radius 2 is 2.18 bits per heavy atom. The molecule has 0 aromatic carbocycles. The number of alkyl halides is 1. The Labute approximate surface area is 67.6 Å². The Morgan fingerprint density at radius 3 is 2.82 bits per heavy atom. The second-order valence-electron chi connectivity index (χ2n) is 3.50. The lowest BCUT2D eigenvalue weighted by Crippen LogP contribution is -2.19. The van der Waals surface area contributed by atoms with Crippen LogP contribution in [0.3, 0.4) is 0 Å². The molecular weight excluding hydrogens is 143 g/mol. The molecule has 1 rings (SSSR count). The molecule has 0 saturated heterocycles. The summed E-state index contributed by atoms with van der Waals surface area (Å²) >= 11 is 0. The second-order valence-corrected chi connectivity index (χ2v) is 3.50. The maximum Gasteiger partial charge on any atom is 0.100 e. The standard InChI is InChI=1S/C9H17FO/c1-2-7-6-8(10)4-3-5-9(7)11/h7-9,11H,2-6H2,1H3. The summed E-state index contributed by atoms with van der Waals surface area (Å²) in [6, 6.07) is 0. The number of aliphatic hydroxyl groups excluding tert-OH is 1. The van der Waals surface area contributed by atoms with Gasteiger partial charge in [0, 0.05) is 0 Å². The van der Waals surface area contributed by atoms with Gasteiger partial charge >= 0.3 is 0 Å². The van der Waals surface area contributed by atoms with E-state index in [1.54, 1.807) is 0 Å². The summed E-state index contributed by atoms with van der Waals surface area (Å²) in [6.45, 7) is 2.02. The zero-order chi connectivity index (χ0) is 8.27. The zero-order valence-corrected chi connectivity index (χ0v) is 7.09. The molecule has 2 heteroatoms. The molecule has 1 aliphatic rings. The Kier molecular flexibility index (Phi) is 3.31. The van der Waals surface area contributed by atoms with Crippen LogP contribution in [-0.2, 0) is 0 Å². The van der Waals surface area contributed by atoms with Crippen molar-refractivity contribution in [3.05, 3.63) is 0 Å². The second kappa shape index (κ2) is 4.05. The van der Waals surface area contributed by atoms with Gasteiger partial charge in [-0.15, -0.1) is 0 Å². The molecule has 0 aliphatic heterocycles. The van der Waals surface area contributed by atoms with Crippen LogP contribution < -0.4 is 0 Å². The molecule has 1 N–H and O–H groups in total. The summed E-state index contributed by atoms with van der Waals surface area (Å²) < 4.78 is 12.9. The minimum Gasteiger partial charge on any atom is -0.393 e. The van der Waals surface area contributed by atoms with Crippen LogP contribution >= 0.6 is 0 Å². The molecule has 66 valence electrons. The third kappa shape index (κ3) is 2.44. The molecule has 3 unspecified atom stereocenters. The molecular formula is C9H17FO. The van der Waals surface area contributed by atoms with E-state index in [0.29, 0.717) is 12.8 Å². The van der Waals surface area contributed by atoms with Crippen LogP contribution in [0.4, 0.5) is 4.39 Å². The number of hydrogen-bond donors (Lipinski definition) is 1. The van der Waals surface area contributed by atoms with Crippen LogP contribution in [0.2, 0.25) is 0 Å². The van der Waals surface area contributed by atoms with E-state index in [9.17, 15) is 9.50 Å². The van der Waals surface area contributed by atoms with E-state index in [1.807, 2.05) is 6.92 Å². The minimum absolute atomic E-state index is 0.201. The Bertz CT molecular complexity index is 116. The van der Waals surface area contributed by atoms with Crippen molar-refractivity contribution in [2.75, 3.05) is 0 Å². The fraction of sp³-hybridized carbons (Fsp3) is 1.00. The van der Waals surface area contributed by atoms with Gasteiger partial charge in [0.05, 0.1) is 6.10 Å².